The lowest BCUT2D eigenvalue weighted by Gasteiger charge is -2.33. The van der Waals surface area contributed by atoms with Gasteiger partial charge in [-0.1, -0.05) is 0 Å². The van der Waals surface area contributed by atoms with Gasteiger partial charge in [-0.25, -0.2) is 8.42 Å². The SMILES string of the molecule is CC(C)OC(=O)C1CCCCN1S(=O)(=O)c1ccc(C(F)(F)F)cc1. The summed E-state index contributed by atoms with van der Waals surface area (Å²) in [6, 6.07) is 2.31. The number of nitrogens with zero attached hydrogens (tertiary/aromatic N) is 1. The van der Waals surface area contributed by atoms with Crippen LogP contribution >= 0.6 is 0 Å². The van der Waals surface area contributed by atoms with Crippen LogP contribution in [-0.2, 0) is 25.7 Å². The Kier molecular flexibility index (Phi) is 5.78. The molecule has 1 aromatic rings. The third kappa shape index (κ3) is 4.52. The van der Waals surface area contributed by atoms with Crippen molar-refractivity contribution in [1.82, 2.24) is 4.31 Å². The van der Waals surface area contributed by atoms with E-state index in [0.717, 1.165) is 28.6 Å². The molecule has 0 aromatic heterocycles. The van der Waals surface area contributed by atoms with Crippen molar-refractivity contribution in [1.29, 1.82) is 0 Å². The molecule has 0 amide bonds. The molecule has 9 heteroatoms. The van der Waals surface area contributed by atoms with Crippen molar-refractivity contribution in [3.05, 3.63) is 29.8 Å². The summed E-state index contributed by atoms with van der Waals surface area (Å²) in [5, 5.41) is 0. The van der Waals surface area contributed by atoms with Crippen molar-refractivity contribution in [2.75, 3.05) is 6.54 Å². The van der Waals surface area contributed by atoms with E-state index in [-0.39, 0.29) is 17.5 Å². The van der Waals surface area contributed by atoms with Gasteiger partial charge < -0.3 is 4.74 Å². The number of rotatable bonds is 4. The van der Waals surface area contributed by atoms with Gasteiger partial charge in [0.15, 0.2) is 0 Å². The van der Waals surface area contributed by atoms with Crippen molar-refractivity contribution in [3.8, 4) is 0 Å². The van der Waals surface area contributed by atoms with E-state index >= 15 is 0 Å². The fourth-order valence-corrected chi connectivity index (χ4v) is 4.34. The number of carbonyl (C=O) groups is 1. The molecule has 25 heavy (non-hydrogen) atoms. The molecular weight excluding hydrogens is 359 g/mol. The van der Waals surface area contributed by atoms with Crippen LogP contribution in [0.15, 0.2) is 29.2 Å². The largest absolute Gasteiger partial charge is 0.462 e. The van der Waals surface area contributed by atoms with Crippen LogP contribution in [0.25, 0.3) is 0 Å². The Hall–Kier alpha value is -1.61. The van der Waals surface area contributed by atoms with E-state index in [0.29, 0.717) is 19.3 Å². The minimum Gasteiger partial charge on any atom is -0.462 e. The van der Waals surface area contributed by atoms with Crippen LogP contribution in [0.3, 0.4) is 0 Å². The maximum Gasteiger partial charge on any atom is 0.416 e. The average molecular weight is 379 g/mol. The number of alkyl halides is 3. The highest BCUT2D eigenvalue weighted by molar-refractivity contribution is 7.89. The molecule has 0 saturated carbocycles. The molecule has 140 valence electrons. The number of sulfonamides is 1. The molecule has 2 rings (SSSR count). The molecular formula is C16H20F3NO4S. The lowest BCUT2D eigenvalue weighted by atomic mass is 10.1. The molecule has 1 aliphatic rings. The van der Waals surface area contributed by atoms with Crippen molar-refractivity contribution >= 4 is 16.0 Å². The zero-order valence-corrected chi connectivity index (χ0v) is 14.7. The Morgan fingerprint density at radius 2 is 1.80 bits per heavy atom. The minimum atomic E-state index is -4.54. The topological polar surface area (TPSA) is 63.7 Å². The molecule has 0 spiro atoms. The molecule has 0 N–H and O–H groups in total. The zero-order valence-electron chi connectivity index (χ0n) is 13.9. The first-order chi connectivity index (χ1) is 11.5. The van der Waals surface area contributed by atoms with Crippen molar-refractivity contribution in [2.24, 2.45) is 0 Å². The number of ether oxygens (including phenoxy) is 1. The summed E-state index contributed by atoms with van der Waals surface area (Å²) in [7, 11) is -4.09. The molecule has 0 aliphatic carbocycles. The number of halogens is 3. The van der Waals surface area contributed by atoms with E-state index in [1.165, 1.54) is 0 Å². The summed E-state index contributed by atoms with van der Waals surface area (Å²) >= 11 is 0. The number of hydrogen-bond donors (Lipinski definition) is 0. The quantitative estimate of drug-likeness (QED) is 0.754. The van der Waals surface area contributed by atoms with Crippen molar-refractivity contribution in [3.63, 3.8) is 0 Å². The minimum absolute atomic E-state index is 0.126. The van der Waals surface area contributed by atoms with Gasteiger partial charge in [-0.2, -0.15) is 17.5 Å². The molecule has 1 fully saturated rings. The second-order valence-electron chi connectivity index (χ2n) is 6.14. The fourth-order valence-electron chi connectivity index (χ4n) is 2.69. The van der Waals surface area contributed by atoms with E-state index < -0.39 is 33.8 Å². The van der Waals surface area contributed by atoms with Crippen LogP contribution in [0.1, 0.15) is 38.7 Å². The van der Waals surface area contributed by atoms with E-state index in [1.54, 1.807) is 13.8 Å². The van der Waals surface area contributed by atoms with Gasteiger partial charge in [0, 0.05) is 6.54 Å². The third-order valence-electron chi connectivity index (χ3n) is 3.87. The van der Waals surface area contributed by atoms with Crippen LogP contribution in [0.2, 0.25) is 0 Å². The highest BCUT2D eigenvalue weighted by atomic mass is 32.2. The van der Waals surface area contributed by atoms with Gasteiger partial charge in [-0.15, -0.1) is 0 Å². The number of carbonyl (C=O) groups excluding carboxylic acids is 1. The monoisotopic (exact) mass is 379 g/mol. The highest BCUT2D eigenvalue weighted by Crippen LogP contribution is 2.31. The van der Waals surface area contributed by atoms with E-state index in [2.05, 4.69) is 0 Å². The number of hydrogen-bond acceptors (Lipinski definition) is 4. The first-order valence-electron chi connectivity index (χ1n) is 7.93. The van der Waals surface area contributed by atoms with Crippen LogP contribution in [0.5, 0.6) is 0 Å². The van der Waals surface area contributed by atoms with Crippen LogP contribution in [-0.4, -0.2) is 37.4 Å². The molecule has 1 saturated heterocycles. The Morgan fingerprint density at radius 1 is 1.20 bits per heavy atom. The number of benzene rings is 1. The number of esters is 1. The Bertz CT molecular complexity index is 714. The maximum atomic E-state index is 12.8. The highest BCUT2D eigenvalue weighted by Gasteiger charge is 2.39. The van der Waals surface area contributed by atoms with Crippen LogP contribution < -0.4 is 0 Å². The van der Waals surface area contributed by atoms with E-state index in [4.69, 9.17) is 4.74 Å². The lowest BCUT2D eigenvalue weighted by molar-refractivity contribution is -0.153. The second-order valence-corrected chi connectivity index (χ2v) is 8.03. The fraction of sp³-hybridized carbons (Fsp3) is 0.562. The molecule has 5 nitrogen and oxygen atoms in total. The van der Waals surface area contributed by atoms with E-state index in [9.17, 15) is 26.4 Å². The summed E-state index contributed by atoms with van der Waals surface area (Å²) < 4.78 is 69.6. The normalized spacial score (nSPS) is 19.8. The summed E-state index contributed by atoms with van der Waals surface area (Å²) in [6.45, 7) is 3.45. The van der Waals surface area contributed by atoms with Gasteiger partial charge in [0.2, 0.25) is 10.0 Å². The molecule has 1 heterocycles. The predicted molar refractivity (Wildman–Crippen MR) is 84.2 cm³/mol. The summed E-state index contributed by atoms with van der Waals surface area (Å²) in [5.41, 5.74) is -0.930. The predicted octanol–water partition coefficient (Wildman–Crippen LogP) is 3.20. The van der Waals surface area contributed by atoms with E-state index in [1.807, 2.05) is 0 Å². The first-order valence-corrected chi connectivity index (χ1v) is 9.37. The molecule has 0 bridgehead atoms. The Labute approximate surface area is 144 Å². The third-order valence-corrected chi connectivity index (χ3v) is 5.79. The summed E-state index contributed by atoms with van der Waals surface area (Å²) in [5.74, 6) is -0.634. The molecule has 1 unspecified atom stereocenters. The van der Waals surface area contributed by atoms with Gasteiger partial charge in [0.05, 0.1) is 16.6 Å². The van der Waals surface area contributed by atoms with Gasteiger partial charge >= 0.3 is 12.1 Å². The zero-order chi connectivity index (χ0) is 18.8. The summed E-state index contributed by atoms with van der Waals surface area (Å²) in [6.07, 6.45) is -3.35. The second kappa shape index (κ2) is 7.33. The lowest BCUT2D eigenvalue weighted by Crippen LogP contribution is -2.48. The molecule has 0 radical (unpaired) electrons. The molecule has 1 atom stereocenters. The average Bonchev–Trinajstić information content (AvgIpc) is 2.53. The first kappa shape index (κ1) is 19.7. The maximum absolute atomic E-state index is 12.8. The Morgan fingerprint density at radius 3 is 2.32 bits per heavy atom. The van der Waals surface area contributed by atoms with Crippen LogP contribution in [0.4, 0.5) is 13.2 Å². The van der Waals surface area contributed by atoms with Gasteiger partial charge in [0.25, 0.3) is 0 Å². The summed E-state index contributed by atoms with van der Waals surface area (Å²) in [4.78, 5) is 11.9. The van der Waals surface area contributed by atoms with Crippen molar-refractivity contribution < 1.29 is 31.1 Å². The van der Waals surface area contributed by atoms with Crippen LogP contribution in [0, 0.1) is 0 Å². The standard InChI is InChI=1S/C16H20F3NO4S/c1-11(2)24-15(21)14-5-3-4-10-20(14)25(22,23)13-8-6-12(7-9-13)16(17,18)19/h6-9,11,14H,3-5,10H2,1-2H3. The molecule has 1 aliphatic heterocycles. The van der Waals surface area contributed by atoms with Crippen molar-refractivity contribution in [2.45, 2.75) is 56.3 Å². The smallest absolute Gasteiger partial charge is 0.416 e. The van der Waals surface area contributed by atoms with Gasteiger partial charge in [0.1, 0.15) is 6.04 Å². The Balaban J connectivity index is 2.31. The van der Waals surface area contributed by atoms with Gasteiger partial charge in [-0.05, 0) is 57.4 Å². The molecule has 1 aromatic carbocycles. The number of piperidine rings is 1. The van der Waals surface area contributed by atoms with Gasteiger partial charge in [-0.3, -0.25) is 4.79 Å².